The van der Waals surface area contributed by atoms with Crippen LogP contribution in [0.15, 0.2) is 54.7 Å². The molecule has 3 N–H and O–H groups in total. The Labute approximate surface area is 232 Å². The third-order valence-electron chi connectivity index (χ3n) is 7.29. The molecule has 3 heterocycles. The van der Waals surface area contributed by atoms with Crippen molar-refractivity contribution in [2.24, 2.45) is 5.92 Å². The molecule has 3 aromatic rings. The van der Waals surface area contributed by atoms with Crippen LogP contribution in [0.25, 0.3) is 0 Å². The quantitative estimate of drug-likeness (QED) is 0.370. The highest BCUT2D eigenvalue weighted by atomic mass is 19.1. The molecule has 0 radical (unpaired) electrons. The van der Waals surface area contributed by atoms with E-state index in [1.54, 1.807) is 17.0 Å². The number of amides is 2. The van der Waals surface area contributed by atoms with Gasteiger partial charge in [-0.1, -0.05) is 18.2 Å². The SMILES string of the molecule is O=C(Nc1cccc(F)c1)N1CCC(COc2nc(Nc3cccc(CN4CCC(O)CC4)c3)ncc2F)CC1. The zero-order chi connectivity index (χ0) is 27.9. The van der Waals surface area contributed by atoms with E-state index >= 15 is 0 Å². The second kappa shape index (κ2) is 13.0. The number of benzene rings is 2. The van der Waals surface area contributed by atoms with Crippen molar-refractivity contribution in [3.63, 3.8) is 0 Å². The van der Waals surface area contributed by atoms with Crippen LogP contribution in [0.2, 0.25) is 0 Å². The molecule has 0 aliphatic carbocycles. The van der Waals surface area contributed by atoms with Crippen LogP contribution in [-0.4, -0.2) is 69.8 Å². The van der Waals surface area contributed by atoms with Crippen LogP contribution in [0, 0.1) is 17.6 Å². The van der Waals surface area contributed by atoms with Gasteiger partial charge in [-0.3, -0.25) is 4.90 Å². The second-order valence-corrected chi connectivity index (χ2v) is 10.4. The number of hydrogen-bond donors (Lipinski definition) is 3. The van der Waals surface area contributed by atoms with Crippen LogP contribution < -0.4 is 15.4 Å². The van der Waals surface area contributed by atoms with Crippen LogP contribution in [0.1, 0.15) is 31.2 Å². The summed E-state index contributed by atoms with van der Waals surface area (Å²) < 4.78 is 33.5. The summed E-state index contributed by atoms with van der Waals surface area (Å²) in [6.07, 6.45) is 3.84. The lowest BCUT2D eigenvalue weighted by molar-refractivity contribution is 0.0792. The first-order valence-corrected chi connectivity index (χ1v) is 13.6. The van der Waals surface area contributed by atoms with Gasteiger partial charge in [0.2, 0.25) is 11.8 Å². The molecule has 40 heavy (non-hydrogen) atoms. The third-order valence-corrected chi connectivity index (χ3v) is 7.29. The van der Waals surface area contributed by atoms with Gasteiger partial charge >= 0.3 is 6.03 Å². The van der Waals surface area contributed by atoms with Gasteiger partial charge in [0.15, 0.2) is 0 Å². The molecule has 1 aromatic heterocycles. The fourth-order valence-electron chi connectivity index (χ4n) is 4.99. The third kappa shape index (κ3) is 7.64. The molecule has 0 saturated carbocycles. The van der Waals surface area contributed by atoms with Gasteiger partial charge in [0.25, 0.3) is 5.88 Å². The summed E-state index contributed by atoms with van der Waals surface area (Å²) in [5.74, 6) is -0.798. The van der Waals surface area contributed by atoms with E-state index in [2.05, 4.69) is 25.5 Å². The number of carbonyl (C=O) groups is 1. The molecular formula is C29H34F2N6O3. The van der Waals surface area contributed by atoms with Gasteiger partial charge in [0.05, 0.1) is 18.9 Å². The molecule has 2 aliphatic heterocycles. The smallest absolute Gasteiger partial charge is 0.321 e. The van der Waals surface area contributed by atoms with E-state index in [0.29, 0.717) is 31.6 Å². The van der Waals surface area contributed by atoms with E-state index in [-0.39, 0.29) is 36.5 Å². The van der Waals surface area contributed by atoms with E-state index < -0.39 is 11.6 Å². The standard InChI is InChI=1S/C29H34F2N6O3/c30-22-4-2-6-24(16-22)34-29(39)37-13-7-20(8-14-37)19-40-27-26(31)17-32-28(35-27)33-23-5-1-3-21(15-23)18-36-11-9-25(38)10-12-36/h1-6,15-17,20,25,38H,7-14,18-19H2,(H,34,39)(H,32,33,35). The molecule has 2 fully saturated rings. The average molecular weight is 553 g/mol. The van der Waals surface area contributed by atoms with Gasteiger partial charge < -0.3 is 25.4 Å². The molecule has 2 amide bonds. The Morgan fingerprint density at radius 3 is 2.52 bits per heavy atom. The van der Waals surface area contributed by atoms with Crippen molar-refractivity contribution in [1.82, 2.24) is 19.8 Å². The minimum absolute atomic E-state index is 0.119. The van der Waals surface area contributed by atoms with Crippen LogP contribution in [0.5, 0.6) is 5.88 Å². The van der Waals surface area contributed by atoms with Crippen LogP contribution >= 0.6 is 0 Å². The molecule has 0 atom stereocenters. The largest absolute Gasteiger partial charge is 0.475 e. The molecule has 0 unspecified atom stereocenters. The number of urea groups is 1. The fraction of sp³-hybridized carbons (Fsp3) is 0.414. The molecule has 2 saturated heterocycles. The lowest BCUT2D eigenvalue weighted by Gasteiger charge is -2.31. The van der Waals surface area contributed by atoms with Crippen LogP contribution in [0.4, 0.5) is 30.9 Å². The van der Waals surface area contributed by atoms with Crippen LogP contribution in [-0.2, 0) is 6.54 Å². The number of carbonyl (C=O) groups excluding carboxylic acids is 1. The van der Waals surface area contributed by atoms with E-state index in [4.69, 9.17) is 4.74 Å². The number of aromatic nitrogens is 2. The van der Waals surface area contributed by atoms with Crippen molar-refractivity contribution >= 4 is 23.4 Å². The number of anilines is 3. The summed E-state index contributed by atoms with van der Waals surface area (Å²) >= 11 is 0. The first-order chi connectivity index (χ1) is 19.4. The molecule has 0 spiro atoms. The van der Waals surface area contributed by atoms with Gasteiger partial charge in [-0.25, -0.2) is 14.2 Å². The highest BCUT2D eigenvalue weighted by molar-refractivity contribution is 5.89. The summed E-state index contributed by atoms with van der Waals surface area (Å²) in [7, 11) is 0. The Bertz CT molecular complexity index is 1300. The van der Waals surface area contributed by atoms with E-state index in [0.717, 1.165) is 49.9 Å². The number of aliphatic hydroxyl groups excluding tert-OH is 1. The highest BCUT2D eigenvalue weighted by Crippen LogP contribution is 2.23. The number of rotatable bonds is 8. The Balaban J connectivity index is 1.10. The van der Waals surface area contributed by atoms with E-state index in [1.807, 2.05) is 24.3 Å². The number of piperidine rings is 2. The predicted molar refractivity (Wildman–Crippen MR) is 147 cm³/mol. The highest BCUT2D eigenvalue weighted by Gasteiger charge is 2.24. The fourth-order valence-corrected chi connectivity index (χ4v) is 4.99. The number of likely N-dealkylation sites (tertiary alicyclic amines) is 2. The van der Waals surface area contributed by atoms with Crippen molar-refractivity contribution in [3.05, 3.63) is 71.9 Å². The van der Waals surface area contributed by atoms with E-state index in [9.17, 15) is 18.7 Å². The van der Waals surface area contributed by atoms with Gasteiger partial charge in [-0.2, -0.15) is 9.37 Å². The number of halogens is 2. The first kappa shape index (κ1) is 27.7. The summed E-state index contributed by atoms with van der Waals surface area (Å²) in [4.78, 5) is 24.8. The number of nitrogens with zero attached hydrogens (tertiary/aromatic N) is 4. The molecule has 11 heteroatoms. The normalized spacial score (nSPS) is 17.0. The maximum Gasteiger partial charge on any atom is 0.321 e. The number of ether oxygens (including phenoxy) is 1. The molecule has 2 aliphatic rings. The molecule has 5 rings (SSSR count). The van der Waals surface area contributed by atoms with Crippen LogP contribution in [0.3, 0.4) is 0 Å². The average Bonchev–Trinajstić information content (AvgIpc) is 2.95. The summed E-state index contributed by atoms with van der Waals surface area (Å²) in [5.41, 5.74) is 2.32. The molecule has 9 nitrogen and oxygen atoms in total. The maximum absolute atomic E-state index is 14.4. The molecule has 212 valence electrons. The maximum atomic E-state index is 14.4. The first-order valence-electron chi connectivity index (χ1n) is 13.6. The van der Waals surface area contributed by atoms with Gasteiger partial charge in [-0.15, -0.1) is 0 Å². The summed E-state index contributed by atoms with van der Waals surface area (Å²) in [6, 6.07) is 13.4. The zero-order valence-corrected chi connectivity index (χ0v) is 22.2. The minimum atomic E-state index is -0.640. The van der Waals surface area contributed by atoms with Crippen molar-refractivity contribution in [2.45, 2.75) is 38.3 Å². The topological polar surface area (TPSA) is 103 Å². The Morgan fingerprint density at radius 2 is 1.75 bits per heavy atom. The predicted octanol–water partition coefficient (Wildman–Crippen LogP) is 4.78. The van der Waals surface area contributed by atoms with Crippen molar-refractivity contribution in [1.29, 1.82) is 0 Å². The Kier molecular flexibility index (Phi) is 9.02. The van der Waals surface area contributed by atoms with Gasteiger partial charge in [0.1, 0.15) is 5.82 Å². The monoisotopic (exact) mass is 552 g/mol. The molecular weight excluding hydrogens is 518 g/mol. The number of hydrogen-bond acceptors (Lipinski definition) is 7. The van der Waals surface area contributed by atoms with Crippen molar-refractivity contribution < 1.29 is 23.4 Å². The second-order valence-electron chi connectivity index (χ2n) is 10.4. The summed E-state index contributed by atoms with van der Waals surface area (Å²) in [6.45, 7) is 3.81. The van der Waals surface area contributed by atoms with Gasteiger partial charge in [0, 0.05) is 44.1 Å². The molecule has 0 bridgehead atoms. The van der Waals surface area contributed by atoms with E-state index in [1.165, 1.54) is 12.1 Å². The van der Waals surface area contributed by atoms with Crippen molar-refractivity contribution in [2.75, 3.05) is 43.4 Å². The molecule has 2 aromatic carbocycles. The Morgan fingerprint density at radius 1 is 1.00 bits per heavy atom. The summed E-state index contributed by atoms with van der Waals surface area (Å²) in [5, 5.41) is 15.6. The Hall–Kier alpha value is -3.83. The minimum Gasteiger partial charge on any atom is -0.475 e. The van der Waals surface area contributed by atoms with Crippen molar-refractivity contribution in [3.8, 4) is 5.88 Å². The lowest BCUT2D eigenvalue weighted by atomic mass is 9.98. The lowest BCUT2D eigenvalue weighted by Crippen LogP contribution is -2.42. The zero-order valence-electron chi connectivity index (χ0n) is 22.2. The van der Waals surface area contributed by atoms with Gasteiger partial charge in [-0.05, 0) is 67.5 Å². The number of nitrogens with one attached hydrogen (secondary N) is 2. The number of aliphatic hydroxyl groups is 1.